The summed E-state index contributed by atoms with van der Waals surface area (Å²) in [5.41, 5.74) is 8.04. The van der Waals surface area contributed by atoms with Crippen LogP contribution in [0.4, 0.5) is 0 Å². The topological polar surface area (TPSA) is 69.9 Å². The highest BCUT2D eigenvalue weighted by Crippen LogP contribution is 2.19. The van der Waals surface area contributed by atoms with Gasteiger partial charge in [0, 0.05) is 36.4 Å². The lowest BCUT2D eigenvalue weighted by Crippen LogP contribution is -2.47. The van der Waals surface area contributed by atoms with Crippen LogP contribution in [0.5, 0.6) is 0 Å². The number of primary amides is 1. The molecule has 2 amide bonds. The van der Waals surface area contributed by atoms with E-state index in [0.717, 1.165) is 49.5 Å². The second-order valence-electron chi connectivity index (χ2n) is 8.31. The molecule has 34 heavy (non-hydrogen) atoms. The van der Waals surface area contributed by atoms with Crippen molar-refractivity contribution in [2.45, 2.75) is 46.5 Å². The van der Waals surface area contributed by atoms with Gasteiger partial charge in [0.15, 0.2) is 0 Å². The number of likely N-dealkylation sites (N-methyl/N-ethyl adjacent to an activating group) is 1. The molecule has 1 fully saturated rings. The summed E-state index contributed by atoms with van der Waals surface area (Å²) in [6.45, 7) is 13.5. The predicted octanol–water partition coefficient (Wildman–Crippen LogP) is 4.61. The molecule has 1 heterocycles. The summed E-state index contributed by atoms with van der Waals surface area (Å²) >= 11 is 5.72. The zero-order valence-electron chi connectivity index (χ0n) is 21.2. The van der Waals surface area contributed by atoms with E-state index in [-0.39, 0.29) is 5.91 Å². The molecule has 0 atom stereocenters. The van der Waals surface area contributed by atoms with Crippen LogP contribution in [0, 0.1) is 0 Å². The molecule has 0 aliphatic carbocycles. The Kier molecular flexibility index (Phi) is 14.0. The molecule has 0 saturated carbocycles. The second kappa shape index (κ2) is 16.1. The Morgan fingerprint density at radius 1 is 1.24 bits per heavy atom. The number of hydrogen-bond donors (Lipinski definition) is 1. The van der Waals surface area contributed by atoms with Gasteiger partial charge in [-0.25, -0.2) is 0 Å². The van der Waals surface area contributed by atoms with Gasteiger partial charge in [0.25, 0.3) is 5.91 Å². The Balaban J connectivity index is 0.000000533. The number of carbonyl (C=O) groups excluding carboxylic acids is 2. The molecule has 0 spiro atoms. The summed E-state index contributed by atoms with van der Waals surface area (Å²) in [4.78, 5) is 29.7. The molecular formula is C27H41ClN4O2. The molecule has 0 unspecified atom stereocenters. The fourth-order valence-corrected chi connectivity index (χ4v) is 3.57. The summed E-state index contributed by atoms with van der Waals surface area (Å²) in [6.07, 6.45) is 9.32. The molecule has 6 nitrogen and oxygen atoms in total. The van der Waals surface area contributed by atoms with E-state index < -0.39 is 5.91 Å². The first kappa shape index (κ1) is 29.5. The van der Waals surface area contributed by atoms with E-state index in [2.05, 4.69) is 38.3 Å². The van der Waals surface area contributed by atoms with Crippen LogP contribution in [-0.2, 0) is 16.0 Å². The Morgan fingerprint density at radius 3 is 2.50 bits per heavy atom. The monoisotopic (exact) mass is 488 g/mol. The Bertz CT molecular complexity index is 866. The average molecular weight is 489 g/mol. The molecule has 7 heteroatoms. The Hall–Kier alpha value is -2.57. The van der Waals surface area contributed by atoms with Crippen LogP contribution in [0.1, 0.15) is 45.6 Å². The van der Waals surface area contributed by atoms with Crippen molar-refractivity contribution in [3.63, 3.8) is 0 Å². The minimum Gasteiger partial charge on any atom is -0.364 e. The van der Waals surface area contributed by atoms with Gasteiger partial charge in [0.05, 0.1) is 6.54 Å². The van der Waals surface area contributed by atoms with Crippen LogP contribution in [0.15, 0.2) is 60.5 Å². The number of aryl methyl sites for hydroxylation is 1. The zero-order valence-corrected chi connectivity index (χ0v) is 22.0. The van der Waals surface area contributed by atoms with Crippen molar-refractivity contribution in [3.8, 4) is 0 Å². The number of unbranched alkanes of at least 4 members (excludes halogenated alkanes) is 2. The third kappa shape index (κ3) is 10.6. The number of amides is 2. The summed E-state index contributed by atoms with van der Waals surface area (Å²) in [5.74, 6) is -0.472. The lowest BCUT2D eigenvalue weighted by atomic mass is 10.1. The van der Waals surface area contributed by atoms with Crippen molar-refractivity contribution in [2.24, 2.45) is 5.73 Å². The maximum absolute atomic E-state index is 12.3. The van der Waals surface area contributed by atoms with Crippen LogP contribution in [-0.4, -0.2) is 66.3 Å². The second-order valence-corrected chi connectivity index (χ2v) is 8.75. The Morgan fingerprint density at radius 2 is 1.97 bits per heavy atom. The average Bonchev–Trinajstić information content (AvgIpc) is 2.82. The third-order valence-corrected chi connectivity index (χ3v) is 5.85. The first-order valence-corrected chi connectivity index (χ1v) is 12.4. The van der Waals surface area contributed by atoms with E-state index in [1.54, 1.807) is 11.0 Å². The zero-order chi connectivity index (χ0) is 25.5. The number of allylic oxidation sites excluding steroid dienone is 1. The highest BCUT2D eigenvalue weighted by Gasteiger charge is 2.26. The molecule has 1 aliphatic heterocycles. The molecule has 0 radical (unpaired) electrons. The van der Waals surface area contributed by atoms with Crippen LogP contribution in [0.2, 0.25) is 5.02 Å². The van der Waals surface area contributed by atoms with Gasteiger partial charge < -0.3 is 20.4 Å². The van der Waals surface area contributed by atoms with E-state index >= 15 is 0 Å². The van der Waals surface area contributed by atoms with Gasteiger partial charge >= 0.3 is 0 Å². The molecule has 1 aromatic carbocycles. The van der Waals surface area contributed by atoms with Gasteiger partial charge in [-0.05, 0) is 50.6 Å². The van der Waals surface area contributed by atoms with E-state index in [4.69, 9.17) is 17.3 Å². The number of piperazine rings is 1. The van der Waals surface area contributed by atoms with Crippen molar-refractivity contribution >= 4 is 23.4 Å². The number of benzene rings is 1. The number of halogens is 1. The Labute approximate surface area is 210 Å². The van der Waals surface area contributed by atoms with Crippen molar-refractivity contribution in [2.75, 3.05) is 39.8 Å². The maximum atomic E-state index is 12.3. The largest absolute Gasteiger partial charge is 0.364 e. The summed E-state index contributed by atoms with van der Waals surface area (Å²) in [6, 6.07) is 7.93. The van der Waals surface area contributed by atoms with Gasteiger partial charge in [0.2, 0.25) is 5.91 Å². The van der Waals surface area contributed by atoms with Crippen molar-refractivity contribution < 1.29 is 9.59 Å². The van der Waals surface area contributed by atoms with E-state index in [0.29, 0.717) is 25.3 Å². The van der Waals surface area contributed by atoms with E-state index in [9.17, 15) is 9.59 Å². The van der Waals surface area contributed by atoms with E-state index in [1.807, 2.05) is 42.3 Å². The minimum absolute atomic E-state index is 0.0270. The molecule has 1 aliphatic rings. The number of nitrogens with zero attached hydrogens (tertiary/aromatic N) is 3. The number of carbonyl (C=O) groups is 2. The molecular weight excluding hydrogens is 448 g/mol. The quantitative estimate of drug-likeness (QED) is 0.385. The van der Waals surface area contributed by atoms with Gasteiger partial charge in [-0.2, -0.15) is 0 Å². The van der Waals surface area contributed by atoms with Gasteiger partial charge in [-0.15, -0.1) is 0 Å². The van der Waals surface area contributed by atoms with Crippen LogP contribution >= 0.6 is 11.6 Å². The number of nitrogens with two attached hydrogens (primary N) is 1. The fourth-order valence-electron chi connectivity index (χ4n) is 3.35. The molecule has 1 aromatic rings. The smallest absolute Gasteiger partial charge is 0.264 e. The first-order valence-electron chi connectivity index (χ1n) is 12.1. The normalized spacial score (nSPS) is 14.4. The predicted molar refractivity (Wildman–Crippen MR) is 142 cm³/mol. The fraction of sp³-hybridized carbons (Fsp3) is 0.481. The lowest BCUT2D eigenvalue weighted by molar-refractivity contribution is -0.126. The highest BCUT2D eigenvalue weighted by atomic mass is 35.5. The standard InChI is InChI=1S/C19H32N4O2.C8H9Cl/c1-5-7-8-10-17(19(20)25)23-14-13-22(15-16(23)3)18(24)11-9-12-21(4)6-2;1-2-7-4-3-5-8(9)6-7/h9-11H,3,5-8,12-15H2,1-2,4H3,(H2,20,25);3-6H,2H2,1H3/b11-9+,17-10-;. The third-order valence-electron chi connectivity index (χ3n) is 5.61. The SMILES string of the molecule is C=C1CN(C(=O)/C=C/CN(C)CC)CCN1/C(=C\CCCC)C(N)=O.CCc1cccc(Cl)c1. The van der Waals surface area contributed by atoms with Crippen molar-refractivity contribution in [3.05, 3.63) is 71.1 Å². The van der Waals surface area contributed by atoms with Crippen LogP contribution < -0.4 is 5.73 Å². The molecule has 188 valence electrons. The van der Waals surface area contributed by atoms with E-state index in [1.165, 1.54) is 5.56 Å². The number of hydrogen-bond acceptors (Lipinski definition) is 4. The molecule has 0 bridgehead atoms. The highest BCUT2D eigenvalue weighted by molar-refractivity contribution is 6.30. The molecule has 2 N–H and O–H groups in total. The van der Waals surface area contributed by atoms with Crippen LogP contribution in [0.25, 0.3) is 0 Å². The summed E-state index contributed by atoms with van der Waals surface area (Å²) in [5, 5.41) is 0.828. The minimum atomic E-state index is -0.445. The summed E-state index contributed by atoms with van der Waals surface area (Å²) in [7, 11) is 2.01. The van der Waals surface area contributed by atoms with Gasteiger partial charge in [-0.1, -0.05) is 69.7 Å². The molecule has 0 aromatic heterocycles. The van der Waals surface area contributed by atoms with Gasteiger partial charge in [0.1, 0.15) is 5.70 Å². The first-order chi connectivity index (χ1) is 16.2. The maximum Gasteiger partial charge on any atom is 0.264 e. The molecule has 2 rings (SSSR count). The van der Waals surface area contributed by atoms with Crippen LogP contribution in [0.3, 0.4) is 0 Å². The lowest BCUT2D eigenvalue weighted by Gasteiger charge is -2.37. The van der Waals surface area contributed by atoms with Gasteiger partial charge in [-0.3, -0.25) is 9.59 Å². The number of rotatable bonds is 10. The van der Waals surface area contributed by atoms with Crippen molar-refractivity contribution in [1.29, 1.82) is 0 Å². The van der Waals surface area contributed by atoms with Crippen molar-refractivity contribution in [1.82, 2.24) is 14.7 Å². The molecule has 1 saturated heterocycles. The summed E-state index contributed by atoms with van der Waals surface area (Å²) < 4.78 is 0.